The van der Waals surface area contributed by atoms with Gasteiger partial charge in [0.25, 0.3) is 0 Å². The van der Waals surface area contributed by atoms with E-state index in [0.29, 0.717) is 24.0 Å². The van der Waals surface area contributed by atoms with Crippen LogP contribution in [0, 0.1) is 11.8 Å². The van der Waals surface area contributed by atoms with Gasteiger partial charge in [-0.05, 0) is 24.6 Å². The molecule has 98 valence electrons. The van der Waals surface area contributed by atoms with Gasteiger partial charge in [-0.25, -0.2) is 0 Å². The zero-order chi connectivity index (χ0) is 13.0. The molecular formula is C13H15ClO4. The lowest BCUT2D eigenvalue weighted by Gasteiger charge is -2.18. The molecule has 0 bridgehead atoms. The minimum Gasteiger partial charge on any atom is -0.493 e. The summed E-state index contributed by atoms with van der Waals surface area (Å²) in [5.74, 6) is -0.756. The average molecular weight is 271 g/mol. The number of halogens is 1. The number of carboxylic acid groups (broad SMARTS) is 1. The predicted molar refractivity (Wildman–Crippen MR) is 67.0 cm³/mol. The highest BCUT2D eigenvalue weighted by Crippen LogP contribution is 2.24. The van der Waals surface area contributed by atoms with Crippen LogP contribution >= 0.6 is 11.6 Å². The summed E-state index contributed by atoms with van der Waals surface area (Å²) in [4.78, 5) is 11.2. The molecule has 1 fully saturated rings. The van der Waals surface area contributed by atoms with Crippen LogP contribution in [0.3, 0.4) is 0 Å². The zero-order valence-electron chi connectivity index (χ0n) is 9.84. The molecule has 0 aromatic heterocycles. The third kappa shape index (κ3) is 3.37. The van der Waals surface area contributed by atoms with Crippen molar-refractivity contribution in [2.24, 2.45) is 11.8 Å². The van der Waals surface area contributed by atoms with Crippen molar-refractivity contribution in [1.29, 1.82) is 0 Å². The van der Waals surface area contributed by atoms with E-state index in [4.69, 9.17) is 21.1 Å². The number of rotatable bonds is 5. The fourth-order valence-corrected chi connectivity index (χ4v) is 2.20. The van der Waals surface area contributed by atoms with Crippen LogP contribution in [0.5, 0.6) is 5.75 Å². The Morgan fingerprint density at radius 2 is 2.44 bits per heavy atom. The zero-order valence-corrected chi connectivity index (χ0v) is 10.6. The Kier molecular flexibility index (Phi) is 4.44. The summed E-state index contributed by atoms with van der Waals surface area (Å²) in [7, 11) is 0. The average Bonchev–Trinajstić information content (AvgIpc) is 2.82. The highest BCUT2D eigenvalue weighted by molar-refractivity contribution is 6.30. The lowest BCUT2D eigenvalue weighted by atomic mass is 9.92. The normalized spacial score (nSPS) is 20.6. The fraction of sp³-hybridized carbons (Fsp3) is 0.462. The van der Waals surface area contributed by atoms with Gasteiger partial charge in [0.1, 0.15) is 12.4 Å². The van der Waals surface area contributed by atoms with E-state index in [0.717, 1.165) is 6.42 Å². The number of hydrogen-bond donors (Lipinski definition) is 1. The number of ether oxygens (including phenoxy) is 2. The smallest absolute Gasteiger partial charge is 0.310 e. The largest absolute Gasteiger partial charge is 0.493 e. The summed E-state index contributed by atoms with van der Waals surface area (Å²) in [5.41, 5.74) is 0. The maximum absolute atomic E-state index is 11.2. The summed E-state index contributed by atoms with van der Waals surface area (Å²) < 4.78 is 10.7. The molecule has 1 heterocycles. The van der Waals surface area contributed by atoms with E-state index in [-0.39, 0.29) is 12.5 Å². The Labute approximate surface area is 110 Å². The second kappa shape index (κ2) is 6.07. The minimum absolute atomic E-state index is 0.0293. The van der Waals surface area contributed by atoms with Gasteiger partial charge in [-0.3, -0.25) is 4.79 Å². The van der Waals surface area contributed by atoms with E-state index in [1.165, 1.54) is 0 Å². The van der Waals surface area contributed by atoms with Gasteiger partial charge in [-0.2, -0.15) is 0 Å². The van der Waals surface area contributed by atoms with E-state index in [1.807, 2.05) is 0 Å². The number of carboxylic acids is 1. The molecule has 2 unspecified atom stereocenters. The number of hydrogen-bond acceptors (Lipinski definition) is 3. The standard InChI is InChI=1S/C13H15ClO4/c14-10-2-1-3-11(6-10)18-8-12(13(15)16)9-4-5-17-7-9/h1-3,6,9,12H,4-5,7-8H2,(H,15,16). The van der Waals surface area contributed by atoms with Gasteiger partial charge in [0.2, 0.25) is 0 Å². The van der Waals surface area contributed by atoms with Crippen molar-refractivity contribution in [2.75, 3.05) is 19.8 Å². The van der Waals surface area contributed by atoms with Crippen molar-refractivity contribution < 1.29 is 19.4 Å². The summed E-state index contributed by atoms with van der Waals surface area (Å²) in [6, 6.07) is 6.95. The van der Waals surface area contributed by atoms with Crippen LogP contribution in [0.1, 0.15) is 6.42 Å². The lowest BCUT2D eigenvalue weighted by Crippen LogP contribution is -2.29. The Morgan fingerprint density at radius 3 is 3.06 bits per heavy atom. The van der Waals surface area contributed by atoms with Crippen LogP contribution in [0.2, 0.25) is 5.02 Å². The Hall–Kier alpha value is -1.26. The molecule has 5 heteroatoms. The molecule has 0 saturated carbocycles. The third-order valence-electron chi connectivity index (χ3n) is 3.08. The van der Waals surface area contributed by atoms with Gasteiger partial charge < -0.3 is 14.6 Å². The van der Waals surface area contributed by atoms with Gasteiger partial charge in [-0.15, -0.1) is 0 Å². The van der Waals surface area contributed by atoms with Crippen molar-refractivity contribution in [3.63, 3.8) is 0 Å². The predicted octanol–water partition coefficient (Wildman–Crippen LogP) is 2.46. The quantitative estimate of drug-likeness (QED) is 0.893. The second-order valence-electron chi connectivity index (χ2n) is 4.34. The summed E-state index contributed by atoms with van der Waals surface area (Å²) >= 11 is 5.83. The van der Waals surface area contributed by atoms with Crippen molar-refractivity contribution in [2.45, 2.75) is 6.42 Å². The number of aliphatic carboxylic acids is 1. The van der Waals surface area contributed by atoms with E-state index in [2.05, 4.69) is 0 Å². The van der Waals surface area contributed by atoms with Crippen molar-refractivity contribution in [1.82, 2.24) is 0 Å². The van der Waals surface area contributed by atoms with E-state index >= 15 is 0 Å². The van der Waals surface area contributed by atoms with Crippen LogP contribution in [0.4, 0.5) is 0 Å². The molecule has 0 radical (unpaired) electrons. The summed E-state index contributed by atoms with van der Waals surface area (Å²) in [5, 5.41) is 9.78. The molecule has 1 N–H and O–H groups in total. The van der Waals surface area contributed by atoms with Crippen LogP contribution in [-0.4, -0.2) is 30.9 Å². The van der Waals surface area contributed by atoms with Gasteiger partial charge in [0.05, 0.1) is 12.5 Å². The van der Waals surface area contributed by atoms with Gasteiger partial charge in [0, 0.05) is 17.5 Å². The maximum atomic E-state index is 11.2. The van der Waals surface area contributed by atoms with E-state index in [9.17, 15) is 9.90 Å². The Bertz CT molecular complexity index is 415. The topological polar surface area (TPSA) is 55.8 Å². The monoisotopic (exact) mass is 270 g/mol. The summed E-state index contributed by atoms with van der Waals surface area (Å²) in [6.07, 6.45) is 0.774. The summed E-state index contributed by atoms with van der Waals surface area (Å²) in [6.45, 7) is 1.27. The first kappa shape index (κ1) is 13.2. The minimum atomic E-state index is -0.840. The van der Waals surface area contributed by atoms with E-state index < -0.39 is 11.9 Å². The first-order valence-corrected chi connectivity index (χ1v) is 6.23. The third-order valence-corrected chi connectivity index (χ3v) is 3.31. The van der Waals surface area contributed by atoms with Gasteiger partial charge >= 0.3 is 5.97 Å². The number of carbonyl (C=O) groups is 1. The van der Waals surface area contributed by atoms with E-state index in [1.54, 1.807) is 24.3 Å². The van der Waals surface area contributed by atoms with Crippen molar-refractivity contribution in [3.8, 4) is 5.75 Å². The molecule has 1 saturated heterocycles. The molecule has 0 aliphatic carbocycles. The molecule has 0 amide bonds. The molecule has 2 atom stereocenters. The lowest BCUT2D eigenvalue weighted by molar-refractivity contribution is -0.145. The molecule has 1 aliphatic heterocycles. The Morgan fingerprint density at radius 1 is 1.61 bits per heavy atom. The molecular weight excluding hydrogens is 256 g/mol. The maximum Gasteiger partial charge on any atom is 0.310 e. The molecule has 18 heavy (non-hydrogen) atoms. The highest BCUT2D eigenvalue weighted by Gasteiger charge is 2.31. The molecule has 4 nitrogen and oxygen atoms in total. The molecule has 2 rings (SSSR count). The first-order chi connectivity index (χ1) is 8.66. The Balaban J connectivity index is 1.95. The SMILES string of the molecule is O=C(O)C(COc1cccc(Cl)c1)C1CCOC1. The van der Waals surface area contributed by atoms with Crippen molar-refractivity contribution >= 4 is 17.6 Å². The first-order valence-electron chi connectivity index (χ1n) is 5.85. The van der Waals surface area contributed by atoms with Crippen LogP contribution in [0.25, 0.3) is 0 Å². The highest BCUT2D eigenvalue weighted by atomic mass is 35.5. The molecule has 1 aromatic carbocycles. The van der Waals surface area contributed by atoms with Crippen LogP contribution in [-0.2, 0) is 9.53 Å². The number of benzene rings is 1. The van der Waals surface area contributed by atoms with Gasteiger partial charge in [-0.1, -0.05) is 17.7 Å². The molecule has 1 aliphatic rings. The molecule has 1 aromatic rings. The van der Waals surface area contributed by atoms with Crippen LogP contribution in [0.15, 0.2) is 24.3 Å². The van der Waals surface area contributed by atoms with Crippen molar-refractivity contribution in [3.05, 3.63) is 29.3 Å². The van der Waals surface area contributed by atoms with Gasteiger partial charge in [0.15, 0.2) is 0 Å². The second-order valence-corrected chi connectivity index (χ2v) is 4.77. The molecule has 0 spiro atoms. The van der Waals surface area contributed by atoms with Crippen LogP contribution < -0.4 is 4.74 Å². The fourth-order valence-electron chi connectivity index (χ4n) is 2.02.